The van der Waals surface area contributed by atoms with E-state index in [1.165, 1.54) is 0 Å². The fourth-order valence-electron chi connectivity index (χ4n) is 1.68. The summed E-state index contributed by atoms with van der Waals surface area (Å²) in [6, 6.07) is -0.823. The van der Waals surface area contributed by atoms with Crippen LogP contribution in [0, 0.1) is 11.3 Å². The van der Waals surface area contributed by atoms with Gasteiger partial charge in [-0.1, -0.05) is 34.6 Å². The van der Waals surface area contributed by atoms with Gasteiger partial charge in [-0.05, 0) is 11.3 Å². The maximum absolute atomic E-state index is 11.8. The summed E-state index contributed by atoms with van der Waals surface area (Å²) in [5, 5.41) is 5.56. The molecule has 1 fully saturated rings. The second-order valence-corrected chi connectivity index (χ2v) is 5.54. The molecule has 0 saturated carbocycles. The third kappa shape index (κ3) is 2.49. The Bertz CT molecular complexity index is 279. The van der Waals surface area contributed by atoms with Crippen LogP contribution in [0.1, 0.15) is 34.6 Å². The second kappa shape index (κ2) is 3.83. The molecule has 2 unspecified atom stereocenters. The van der Waals surface area contributed by atoms with Gasteiger partial charge in [0.05, 0.1) is 0 Å². The third-order valence-electron chi connectivity index (χ3n) is 2.66. The Hall–Kier alpha value is -1.06. The van der Waals surface area contributed by atoms with E-state index in [2.05, 4.69) is 10.6 Å². The molecule has 86 valence electrons. The van der Waals surface area contributed by atoms with Gasteiger partial charge >= 0.3 is 0 Å². The van der Waals surface area contributed by atoms with Crippen LogP contribution in [-0.4, -0.2) is 23.9 Å². The zero-order valence-corrected chi connectivity index (χ0v) is 10.0. The third-order valence-corrected chi connectivity index (χ3v) is 2.66. The quantitative estimate of drug-likeness (QED) is 0.671. The molecule has 15 heavy (non-hydrogen) atoms. The van der Waals surface area contributed by atoms with Crippen molar-refractivity contribution in [3.05, 3.63) is 0 Å². The fraction of sp³-hybridized carbons (Fsp3) is 0.818. The van der Waals surface area contributed by atoms with Crippen molar-refractivity contribution < 1.29 is 9.59 Å². The number of nitrogens with one attached hydrogen (secondary N) is 2. The maximum atomic E-state index is 11.8. The predicted molar refractivity (Wildman–Crippen MR) is 58.2 cm³/mol. The molecule has 0 bridgehead atoms. The van der Waals surface area contributed by atoms with E-state index in [0.717, 1.165) is 0 Å². The molecule has 1 aliphatic rings. The molecule has 0 aromatic heterocycles. The molecule has 0 radical (unpaired) electrons. The minimum absolute atomic E-state index is 0.0791. The van der Waals surface area contributed by atoms with Crippen molar-refractivity contribution in [1.29, 1.82) is 0 Å². The summed E-state index contributed by atoms with van der Waals surface area (Å²) in [6.45, 7) is 9.65. The first-order valence-corrected chi connectivity index (χ1v) is 5.34. The van der Waals surface area contributed by atoms with Crippen LogP contribution in [0.2, 0.25) is 0 Å². The number of carbonyl (C=O) groups is 2. The van der Waals surface area contributed by atoms with Gasteiger partial charge in [-0.25, -0.2) is 0 Å². The molecule has 1 rings (SSSR count). The van der Waals surface area contributed by atoms with Crippen LogP contribution in [-0.2, 0) is 9.59 Å². The average Bonchev–Trinajstić information content (AvgIpc) is 2.06. The molecule has 4 nitrogen and oxygen atoms in total. The van der Waals surface area contributed by atoms with E-state index < -0.39 is 12.1 Å². The summed E-state index contributed by atoms with van der Waals surface area (Å²) in [4.78, 5) is 23.5. The van der Waals surface area contributed by atoms with E-state index in [-0.39, 0.29) is 23.1 Å². The summed E-state index contributed by atoms with van der Waals surface area (Å²) in [7, 11) is 0. The van der Waals surface area contributed by atoms with Gasteiger partial charge in [0.15, 0.2) is 0 Å². The summed E-state index contributed by atoms with van der Waals surface area (Å²) >= 11 is 0. The van der Waals surface area contributed by atoms with E-state index in [1.54, 1.807) is 0 Å². The van der Waals surface area contributed by atoms with Crippen LogP contribution < -0.4 is 10.6 Å². The van der Waals surface area contributed by atoms with Crippen LogP contribution in [0.25, 0.3) is 0 Å². The molecule has 0 spiro atoms. The Labute approximate surface area is 90.8 Å². The van der Waals surface area contributed by atoms with E-state index in [9.17, 15) is 9.59 Å². The highest BCUT2D eigenvalue weighted by atomic mass is 16.2. The number of carbonyl (C=O) groups excluding carboxylic acids is 2. The van der Waals surface area contributed by atoms with Crippen LogP contribution in [0.15, 0.2) is 0 Å². The second-order valence-electron chi connectivity index (χ2n) is 5.54. The van der Waals surface area contributed by atoms with Gasteiger partial charge in [0, 0.05) is 0 Å². The first kappa shape index (κ1) is 12.0. The van der Waals surface area contributed by atoms with Gasteiger partial charge < -0.3 is 10.6 Å². The molecule has 0 aliphatic carbocycles. The number of hydrogen-bond acceptors (Lipinski definition) is 2. The molecule has 2 atom stereocenters. The lowest BCUT2D eigenvalue weighted by Gasteiger charge is -2.37. The molecule has 1 aliphatic heterocycles. The highest BCUT2D eigenvalue weighted by molar-refractivity contribution is 5.97. The van der Waals surface area contributed by atoms with Crippen molar-refractivity contribution in [3.63, 3.8) is 0 Å². The predicted octanol–water partition coefficient (Wildman–Crippen LogP) is 0.672. The molecule has 2 N–H and O–H groups in total. The van der Waals surface area contributed by atoms with Gasteiger partial charge in [0.25, 0.3) is 0 Å². The lowest BCUT2D eigenvalue weighted by Crippen LogP contribution is -2.66. The molecule has 0 aromatic rings. The normalized spacial score (nSPS) is 27.6. The average molecular weight is 212 g/mol. The van der Waals surface area contributed by atoms with E-state index in [4.69, 9.17) is 0 Å². The Morgan fingerprint density at radius 2 is 1.60 bits per heavy atom. The topological polar surface area (TPSA) is 58.2 Å². The van der Waals surface area contributed by atoms with Crippen molar-refractivity contribution in [2.45, 2.75) is 46.7 Å². The Kier molecular flexibility index (Phi) is 3.07. The number of piperazine rings is 1. The van der Waals surface area contributed by atoms with Gasteiger partial charge in [-0.3, -0.25) is 9.59 Å². The first-order valence-electron chi connectivity index (χ1n) is 5.34. The van der Waals surface area contributed by atoms with Crippen LogP contribution in [0.5, 0.6) is 0 Å². The highest BCUT2D eigenvalue weighted by Gasteiger charge is 2.40. The van der Waals surface area contributed by atoms with Gasteiger partial charge in [-0.2, -0.15) is 0 Å². The first-order chi connectivity index (χ1) is 6.73. The van der Waals surface area contributed by atoms with E-state index in [0.29, 0.717) is 0 Å². The van der Waals surface area contributed by atoms with E-state index >= 15 is 0 Å². The number of hydrogen-bond donors (Lipinski definition) is 2. The Morgan fingerprint density at radius 1 is 1.07 bits per heavy atom. The summed E-state index contributed by atoms with van der Waals surface area (Å²) < 4.78 is 0. The minimum Gasteiger partial charge on any atom is -0.342 e. The van der Waals surface area contributed by atoms with Crippen LogP contribution in [0.3, 0.4) is 0 Å². The van der Waals surface area contributed by atoms with Crippen LogP contribution in [0.4, 0.5) is 0 Å². The number of amides is 2. The van der Waals surface area contributed by atoms with Crippen molar-refractivity contribution in [2.24, 2.45) is 11.3 Å². The summed E-state index contributed by atoms with van der Waals surface area (Å²) in [5.74, 6) is -0.0415. The van der Waals surface area contributed by atoms with Crippen molar-refractivity contribution >= 4 is 11.8 Å². The van der Waals surface area contributed by atoms with E-state index in [1.807, 2.05) is 34.6 Å². The van der Waals surface area contributed by atoms with Gasteiger partial charge in [0.1, 0.15) is 12.1 Å². The lowest BCUT2D eigenvalue weighted by atomic mass is 9.84. The Balaban J connectivity index is 2.81. The summed E-state index contributed by atoms with van der Waals surface area (Å²) in [6.07, 6.45) is 0. The largest absolute Gasteiger partial charge is 0.342 e. The zero-order chi connectivity index (χ0) is 11.8. The van der Waals surface area contributed by atoms with Crippen molar-refractivity contribution in [2.75, 3.05) is 0 Å². The smallest absolute Gasteiger partial charge is 0.243 e. The number of rotatable bonds is 1. The van der Waals surface area contributed by atoms with Crippen molar-refractivity contribution in [1.82, 2.24) is 10.6 Å². The minimum atomic E-state index is -0.431. The zero-order valence-electron chi connectivity index (χ0n) is 10.0. The maximum Gasteiger partial charge on any atom is 0.243 e. The standard InChI is InChI=1S/C11H20N2O2/c1-6(2)7-9(14)13-8(10(15)12-7)11(3,4)5/h6-8H,1-5H3,(H,12,15)(H,13,14). The molecule has 1 heterocycles. The molecular weight excluding hydrogens is 192 g/mol. The highest BCUT2D eigenvalue weighted by Crippen LogP contribution is 2.22. The van der Waals surface area contributed by atoms with Crippen molar-refractivity contribution in [3.8, 4) is 0 Å². The van der Waals surface area contributed by atoms with Gasteiger partial charge in [-0.15, -0.1) is 0 Å². The van der Waals surface area contributed by atoms with Gasteiger partial charge in [0.2, 0.25) is 11.8 Å². The van der Waals surface area contributed by atoms with Crippen LogP contribution >= 0.6 is 0 Å². The monoisotopic (exact) mass is 212 g/mol. The lowest BCUT2D eigenvalue weighted by molar-refractivity contribution is -0.140. The molecule has 4 heteroatoms. The Morgan fingerprint density at radius 3 is 2.00 bits per heavy atom. The SMILES string of the molecule is CC(C)C1NC(=O)C(C(C)(C)C)NC1=O. The fourth-order valence-corrected chi connectivity index (χ4v) is 1.68. The molecular formula is C11H20N2O2. The summed E-state index contributed by atoms with van der Waals surface area (Å²) in [5.41, 5.74) is -0.248. The molecule has 0 aromatic carbocycles. The molecule has 2 amide bonds. The molecule has 1 saturated heterocycles.